The van der Waals surface area contributed by atoms with Gasteiger partial charge in [0.05, 0.1) is 0 Å². The van der Waals surface area contributed by atoms with Gasteiger partial charge in [0.2, 0.25) is 0 Å². The maximum Gasteiger partial charge on any atom is 0.408 e. The Hall–Kier alpha value is -3.61. The molecule has 3 aromatic rings. The van der Waals surface area contributed by atoms with Gasteiger partial charge in [-0.25, -0.2) is 14.4 Å². The quantitative estimate of drug-likeness (QED) is 0.362. The van der Waals surface area contributed by atoms with Crippen LogP contribution in [-0.2, 0) is 16.1 Å². The van der Waals surface area contributed by atoms with E-state index in [-0.39, 0.29) is 18.3 Å². The molecule has 0 saturated carbocycles. The van der Waals surface area contributed by atoms with Crippen LogP contribution in [0, 0.1) is 19.8 Å². The molecule has 1 atom stereocenters. The van der Waals surface area contributed by atoms with Gasteiger partial charge in [-0.2, -0.15) is 0 Å². The smallest absolute Gasteiger partial charge is 0.408 e. The van der Waals surface area contributed by atoms with Crippen LogP contribution in [0.5, 0.6) is 5.75 Å². The number of aryl methyl sites for hydroxylation is 1. The lowest BCUT2D eigenvalue weighted by atomic mass is 10.0. The highest BCUT2D eigenvalue weighted by Gasteiger charge is 2.27. The Morgan fingerprint density at radius 1 is 1.03 bits per heavy atom. The summed E-state index contributed by atoms with van der Waals surface area (Å²) in [6.07, 6.45) is -0.713. The van der Waals surface area contributed by atoms with Crippen LogP contribution < -0.4 is 15.7 Å². The molecular formula is C24H25NO6. The van der Waals surface area contributed by atoms with E-state index in [4.69, 9.17) is 13.9 Å². The van der Waals surface area contributed by atoms with Gasteiger partial charge >= 0.3 is 17.7 Å². The maximum atomic E-state index is 12.7. The second kappa shape index (κ2) is 9.47. The van der Waals surface area contributed by atoms with Crippen LogP contribution in [-0.4, -0.2) is 18.1 Å². The number of hydrogen-bond acceptors (Lipinski definition) is 6. The van der Waals surface area contributed by atoms with Crippen LogP contribution in [0.1, 0.15) is 30.5 Å². The first kappa shape index (κ1) is 22.1. The van der Waals surface area contributed by atoms with Gasteiger partial charge in [0.15, 0.2) is 0 Å². The number of rotatable bonds is 6. The molecular weight excluding hydrogens is 398 g/mol. The fraction of sp³-hybridized carbons (Fsp3) is 0.292. The van der Waals surface area contributed by atoms with E-state index in [1.165, 1.54) is 6.07 Å². The molecule has 3 rings (SSSR count). The molecule has 0 aliphatic rings. The number of nitrogens with one attached hydrogen (secondary N) is 1. The van der Waals surface area contributed by atoms with Crippen molar-refractivity contribution in [3.8, 4) is 5.75 Å². The zero-order valence-corrected chi connectivity index (χ0v) is 17.9. The summed E-state index contributed by atoms with van der Waals surface area (Å²) in [4.78, 5) is 36.8. The second-order valence-corrected chi connectivity index (χ2v) is 7.65. The molecule has 0 saturated heterocycles. The molecule has 0 spiro atoms. The first-order valence-corrected chi connectivity index (χ1v) is 9.99. The molecule has 1 N–H and O–H groups in total. The van der Waals surface area contributed by atoms with Crippen molar-refractivity contribution in [2.45, 2.75) is 40.3 Å². The minimum Gasteiger partial charge on any atom is -0.445 e. The van der Waals surface area contributed by atoms with Gasteiger partial charge in [0.25, 0.3) is 0 Å². The first-order chi connectivity index (χ1) is 14.8. The number of ether oxygens (including phenoxy) is 2. The summed E-state index contributed by atoms with van der Waals surface area (Å²) >= 11 is 0. The predicted octanol–water partition coefficient (Wildman–Crippen LogP) is 4.27. The van der Waals surface area contributed by atoms with Crippen LogP contribution in [0.4, 0.5) is 4.79 Å². The van der Waals surface area contributed by atoms with Crippen molar-refractivity contribution in [1.29, 1.82) is 0 Å². The van der Waals surface area contributed by atoms with E-state index in [0.29, 0.717) is 11.1 Å². The lowest BCUT2D eigenvalue weighted by Gasteiger charge is -2.20. The molecule has 1 heterocycles. The number of amides is 1. The Labute approximate surface area is 180 Å². The largest absolute Gasteiger partial charge is 0.445 e. The zero-order valence-electron chi connectivity index (χ0n) is 17.9. The number of fused-ring (bicyclic) bond motifs is 1. The maximum absolute atomic E-state index is 12.7. The predicted molar refractivity (Wildman–Crippen MR) is 116 cm³/mol. The van der Waals surface area contributed by atoms with Gasteiger partial charge < -0.3 is 19.2 Å². The van der Waals surface area contributed by atoms with E-state index in [1.807, 2.05) is 37.3 Å². The first-order valence-electron chi connectivity index (χ1n) is 9.99. The molecule has 31 heavy (non-hydrogen) atoms. The summed E-state index contributed by atoms with van der Waals surface area (Å²) in [6.45, 7) is 7.20. The molecule has 0 fully saturated rings. The molecule has 2 aromatic carbocycles. The Morgan fingerprint density at radius 3 is 2.42 bits per heavy atom. The van der Waals surface area contributed by atoms with E-state index < -0.39 is 23.7 Å². The summed E-state index contributed by atoms with van der Waals surface area (Å²) in [5, 5.41) is 3.32. The minimum atomic E-state index is -0.911. The van der Waals surface area contributed by atoms with Crippen molar-refractivity contribution in [2.75, 3.05) is 0 Å². The topological polar surface area (TPSA) is 94.8 Å². The van der Waals surface area contributed by atoms with E-state index in [2.05, 4.69) is 5.32 Å². The van der Waals surface area contributed by atoms with Crippen LogP contribution in [0.3, 0.4) is 0 Å². The summed E-state index contributed by atoms with van der Waals surface area (Å²) in [7, 11) is 0. The van der Waals surface area contributed by atoms with Crippen molar-refractivity contribution in [1.82, 2.24) is 5.32 Å². The molecule has 0 radical (unpaired) electrons. The number of carbonyl (C=O) groups excluding carboxylic acids is 2. The lowest BCUT2D eigenvalue weighted by molar-refractivity contribution is -0.137. The number of carbonyl (C=O) groups is 2. The van der Waals surface area contributed by atoms with Gasteiger partial charge in [-0.05, 0) is 43.0 Å². The SMILES string of the molecule is Cc1c(C)c2ccc(OC(=O)C(NC(=O)OCc3ccccc3)C(C)C)cc2oc1=O. The minimum absolute atomic E-state index is 0.0923. The van der Waals surface area contributed by atoms with Gasteiger partial charge in [-0.3, -0.25) is 0 Å². The molecule has 0 aliphatic carbocycles. The molecule has 0 aliphatic heterocycles. The molecule has 7 nitrogen and oxygen atoms in total. The second-order valence-electron chi connectivity index (χ2n) is 7.65. The monoisotopic (exact) mass is 423 g/mol. The van der Waals surface area contributed by atoms with Crippen molar-refractivity contribution in [3.05, 3.63) is 75.6 Å². The standard InChI is InChI=1S/C24H25NO6/c1-14(2)21(25-24(28)29-13-17-8-6-5-7-9-17)23(27)30-18-10-11-19-15(3)16(4)22(26)31-20(19)12-18/h5-12,14,21H,13H2,1-4H3,(H,25,28). The van der Waals surface area contributed by atoms with Crippen LogP contribution >= 0.6 is 0 Å². The molecule has 0 bridgehead atoms. The summed E-state index contributed by atoms with van der Waals surface area (Å²) in [5.41, 5.74) is 2.08. The summed E-state index contributed by atoms with van der Waals surface area (Å²) < 4.78 is 16.0. The Balaban J connectivity index is 1.69. The average molecular weight is 423 g/mol. The van der Waals surface area contributed by atoms with E-state index >= 15 is 0 Å². The fourth-order valence-electron chi connectivity index (χ4n) is 3.06. The number of esters is 1. The molecule has 162 valence electrons. The highest BCUT2D eigenvalue weighted by Crippen LogP contribution is 2.24. The van der Waals surface area contributed by atoms with Gasteiger partial charge in [0.1, 0.15) is 24.0 Å². The average Bonchev–Trinajstić information content (AvgIpc) is 2.74. The summed E-state index contributed by atoms with van der Waals surface area (Å²) in [6, 6.07) is 13.2. The van der Waals surface area contributed by atoms with Crippen LogP contribution in [0.2, 0.25) is 0 Å². The Morgan fingerprint density at radius 2 is 1.74 bits per heavy atom. The van der Waals surface area contributed by atoms with Crippen molar-refractivity contribution >= 4 is 23.0 Å². The highest BCUT2D eigenvalue weighted by molar-refractivity contribution is 5.86. The van der Waals surface area contributed by atoms with E-state index in [1.54, 1.807) is 32.9 Å². The summed E-state index contributed by atoms with van der Waals surface area (Å²) in [5.74, 6) is -0.661. The molecule has 1 aromatic heterocycles. The van der Waals surface area contributed by atoms with Gasteiger partial charge in [-0.1, -0.05) is 44.2 Å². The van der Waals surface area contributed by atoms with Crippen molar-refractivity contribution in [2.24, 2.45) is 5.92 Å². The van der Waals surface area contributed by atoms with Gasteiger partial charge in [-0.15, -0.1) is 0 Å². The number of benzene rings is 2. The third-order valence-corrected chi connectivity index (χ3v) is 5.05. The van der Waals surface area contributed by atoms with Crippen molar-refractivity contribution < 1.29 is 23.5 Å². The molecule has 7 heteroatoms. The number of hydrogen-bond donors (Lipinski definition) is 1. The van der Waals surface area contributed by atoms with E-state index in [9.17, 15) is 14.4 Å². The Kier molecular flexibility index (Phi) is 6.74. The normalized spacial score (nSPS) is 11.9. The highest BCUT2D eigenvalue weighted by atomic mass is 16.6. The van der Waals surface area contributed by atoms with E-state index in [0.717, 1.165) is 16.5 Å². The van der Waals surface area contributed by atoms with Crippen LogP contribution in [0.15, 0.2) is 57.7 Å². The fourth-order valence-corrected chi connectivity index (χ4v) is 3.06. The van der Waals surface area contributed by atoms with Gasteiger partial charge in [0, 0.05) is 17.0 Å². The zero-order chi connectivity index (χ0) is 22.5. The lowest BCUT2D eigenvalue weighted by Crippen LogP contribution is -2.46. The van der Waals surface area contributed by atoms with Crippen molar-refractivity contribution in [3.63, 3.8) is 0 Å². The third-order valence-electron chi connectivity index (χ3n) is 5.05. The van der Waals surface area contributed by atoms with Crippen LogP contribution in [0.25, 0.3) is 11.0 Å². The molecule has 1 amide bonds. The molecule has 1 unspecified atom stereocenters. The number of alkyl carbamates (subject to hydrolysis) is 1. The third kappa shape index (κ3) is 5.31. The Bertz CT molecular complexity index is 1150.